The summed E-state index contributed by atoms with van der Waals surface area (Å²) in [7, 11) is 1.63. The number of fused-ring (bicyclic) bond motifs is 4. The van der Waals surface area contributed by atoms with Crippen LogP contribution in [0.3, 0.4) is 0 Å². The van der Waals surface area contributed by atoms with Crippen LogP contribution in [0.5, 0.6) is 5.75 Å². The Balaban J connectivity index is 1.46. The third-order valence-electron chi connectivity index (χ3n) is 6.72. The number of ether oxygens (including phenoxy) is 2. The molecule has 1 saturated heterocycles. The number of rotatable bonds is 5. The zero-order valence-electron chi connectivity index (χ0n) is 18.8. The molecule has 172 valence electrons. The van der Waals surface area contributed by atoms with E-state index in [0.29, 0.717) is 25.6 Å². The van der Waals surface area contributed by atoms with Crippen molar-refractivity contribution >= 4 is 28.7 Å². The third kappa shape index (κ3) is 3.38. The van der Waals surface area contributed by atoms with Gasteiger partial charge in [0.25, 0.3) is 0 Å². The Labute approximate surface area is 197 Å². The molecule has 4 aromatic rings. The largest absolute Gasteiger partial charge is 0.497 e. The van der Waals surface area contributed by atoms with E-state index in [9.17, 15) is 4.79 Å². The number of aromatic amines is 1. The number of morpholine rings is 1. The van der Waals surface area contributed by atoms with Gasteiger partial charge in [0.05, 0.1) is 38.2 Å². The summed E-state index contributed by atoms with van der Waals surface area (Å²) in [6.07, 6.45) is 4.77. The van der Waals surface area contributed by atoms with Gasteiger partial charge >= 0.3 is 0 Å². The number of hydrogen-bond acceptors (Lipinski definition) is 7. The maximum Gasteiger partial charge on any atom is 0.162 e. The number of nitrogens with zero attached hydrogens (tertiary/aromatic N) is 4. The van der Waals surface area contributed by atoms with Crippen LogP contribution in [0.1, 0.15) is 11.6 Å². The van der Waals surface area contributed by atoms with Crippen molar-refractivity contribution in [3.8, 4) is 17.1 Å². The molecule has 34 heavy (non-hydrogen) atoms. The monoisotopic (exact) mass is 455 g/mol. The average Bonchev–Trinajstić information content (AvgIpc) is 3.38. The Kier molecular flexibility index (Phi) is 5.15. The average molecular weight is 456 g/mol. The van der Waals surface area contributed by atoms with Crippen molar-refractivity contribution in [2.24, 2.45) is 0 Å². The topological polar surface area (TPSA) is 83.6 Å². The van der Waals surface area contributed by atoms with Gasteiger partial charge in [-0.25, -0.2) is 9.97 Å². The maximum atomic E-state index is 12.4. The summed E-state index contributed by atoms with van der Waals surface area (Å²) in [6.45, 7) is 2.65. The second-order valence-corrected chi connectivity index (χ2v) is 8.58. The number of methoxy groups -OCH3 is 1. The van der Waals surface area contributed by atoms with Crippen molar-refractivity contribution < 1.29 is 14.3 Å². The fourth-order valence-electron chi connectivity index (χ4n) is 5.00. The fourth-order valence-corrected chi connectivity index (χ4v) is 5.00. The van der Waals surface area contributed by atoms with Crippen LogP contribution in [0, 0.1) is 0 Å². The predicted octanol–water partition coefficient (Wildman–Crippen LogP) is 3.60. The molecule has 0 saturated carbocycles. The highest BCUT2D eigenvalue weighted by atomic mass is 16.5. The van der Waals surface area contributed by atoms with Crippen LogP contribution in [0.4, 0.5) is 11.5 Å². The number of carbonyl (C=O) groups excluding carboxylic acids is 1. The van der Waals surface area contributed by atoms with Gasteiger partial charge < -0.3 is 29.1 Å². The molecule has 2 aliphatic heterocycles. The van der Waals surface area contributed by atoms with Crippen molar-refractivity contribution in [1.82, 2.24) is 15.0 Å². The van der Waals surface area contributed by atoms with Gasteiger partial charge in [-0.1, -0.05) is 24.3 Å². The molecule has 2 aromatic carbocycles. The van der Waals surface area contributed by atoms with Crippen LogP contribution in [0.25, 0.3) is 22.3 Å². The molecule has 0 radical (unpaired) electrons. The molecular weight excluding hydrogens is 430 g/mol. The second-order valence-electron chi connectivity index (χ2n) is 8.58. The molecule has 2 aliphatic rings. The van der Waals surface area contributed by atoms with Gasteiger partial charge in [0.15, 0.2) is 11.6 Å². The number of nitrogens with one attached hydrogen (secondary N) is 1. The number of carbonyl (C=O) groups is 1. The van der Waals surface area contributed by atoms with E-state index < -0.39 is 6.04 Å². The first-order valence-corrected chi connectivity index (χ1v) is 11.4. The number of aldehydes is 1. The lowest BCUT2D eigenvalue weighted by Gasteiger charge is -2.47. The van der Waals surface area contributed by atoms with Gasteiger partial charge in [0.2, 0.25) is 0 Å². The quantitative estimate of drug-likeness (QED) is 0.461. The molecule has 8 heteroatoms. The number of H-pyrrole nitrogens is 1. The number of benzene rings is 2. The van der Waals surface area contributed by atoms with E-state index in [1.165, 1.54) is 0 Å². The normalized spacial score (nSPS) is 18.3. The number of anilines is 2. The SMILES string of the molecule is COc1ccc(C(C=O)N2CC3COCCN3c3nc(-c4cccc5[nH]ccc45)ncc32)cc1. The first-order chi connectivity index (χ1) is 16.8. The molecule has 0 aliphatic carbocycles. The van der Waals surface area contributed by atoms with Crippen LogP contribution in [-0.2, 0) is 9.53 Å². The summed E-state index contributed by atoms with van der Waals surface area (Å²) < 4.78 is 11.1. The molecule has 4 heterocycles. The molecule has 2 aromatic heterocycles. The minimum absolute atomic E-state index is 0.104. The van der Waals surface area contributed by atoms with Crippen LogP contribution in [-0.4, -0.2) is 60.7 Å². The Morgan fingerprint density at radius 1 is 1.21 bits per heavy atom. The first-order valence-electron chi connectivity index (χ1n) is 11.4. The molecule has 2 unspecified atom stereocenters. The highest BCUT2D eigenvalue weighted by Gasteiger charge is 2.38. The van der Waals surface area contributed by atoms with Gasteiger partial charge in [-0.15, -0.1) is 0 Å². The van der Waals surface area contributed by atoms with E-state index in [4.69, 9.17) is 19.4 Å². The minimum atomic E-state index is -0.462. The van der Waals surface area contributed by atoms with Crippen molar-refractivity contribution in [1.29, 1.82) is 0 Å². The van der Waals surface area contributed by atoms with Crippen LogP contribution < -0.4 is 14.5 Å². The molecule has 1 fully saturated rings. The smallest absolute Gasteiger partial charge is 0.162 e. The molecule has 0 amide bonds. The van der Waals surface area contributed by atoms with Gasteiger partial charge in [-0.05, 0) is 29.8 Å². The summed E-state index contributed by atoms with van der Waals surface area (Å²) in [5.41, 5.74) is 3.78. The molecule has 8 nitrogen and oxygen atoms in total. The molecule has 6 rings (SSSR count). The van der Waals surface area contributed by atoms with Gasteiger partial charge in [-0.3, -0.25) is 0 Å². The standard InChI is InChI=1S/C26H25N5O3/c1-33-19-7-5-17(6-8-19)24(15-32)31-14-18-16-34-12-11-30(18)26-23(31)13-28-25(29-26)21-3-2-4-22-20(21)9-10-27-22/h2-10,13,15,18,24,27H,11-12,14,16H2,1H3. The third-order valence-corrected chi connectivity index (χ3v) is 6.72. The van der Waals surface area contributed by atoms with Gasteiger partial charge in [0, 0.05) is 35.8 Å². The minimum Gasteiger partial charge on any atom is -0.497 e. The zero-order chi connectivity index (χ0) is 23.1. The van der Waals surface area contributed by atoms with E-state index in [0.717, 1.165) is 52.1 Å². The first kappa shape index (κ1) is 20.7. The van der Waals surface area contributed by atoms with E-state index in [-0.39, 0.29) is 6.04 Å². The van der Waals surface area contributed by atoms with E-state index >= 15 is 0 Å². The number of aromatic nitrogens is 3. The molecular formula is C26H25N5O3. The van der Waals surface area contributed by atoms with Crippen LogP contribution >= 0.6 is 0 Å². The van der Waals surface area contributed by atoms with E-state index in [1.807, 2.05) is 60.9 Å². The van der Waals surface area contributed by atoms with Crippen molar-refractivity contribution in [3.63, 3.8) is 0 Å². The molecule has 2 atom stereocenters. The lowest BCUT2D eigenvalue weighted by Crippen LogP contribution is -2.56. The highest BCUT2D eigenvalue weighted by molar-refractivity contribution is 5.93. The highest BCUT2D eigenvalue weighted by Crippen LogP contribution is 2.40. The lowest BCUT2D eigenvalue weighted by molar-refractivity contribution is -0.109. The number of hydrogen-bond donors (Lipinski definition) is 1. The summed E-state index contributed by atoms with van der Waals surface area (Å²) in [5, 5.41) is 1.08. The summed E-state index contributed by atoms with van der Waals surface area (Å²) in [4.78, 5) is 29.8. The maximum absolute atomic E-state index is 12.4. The van der Waals surface area contributed by atoms with Gasteiger partial charge in [-0.2, -0.15) is 0 Å². The molecule has 0 bridgehead atoms. The summed E-state index contributed by atoms with van der Waals surface area (Å²) >= 11 is 0. The Hall–Kier alpha value is -3.91. The van der Waals surface area contributed by atoms with Gasteiger partial charge in [0.1, 0.15) is 18.1 Å². The fraction of sp³-hybridized carbons (Fsp3) is 0.269. The summed E-state index contributed by atoms with van der Waals surface area (Å²) in [6, 6.07) is 15.4. The Morgan fingerprint density at radius 2 is 2.09 bits per heavy atom. The molecule has 1 N–H and O–H groups in total. The van der Waals surface area contributed by atoms with Crippen molar-refractivity contribution in [2.75, 3.05) is 43.2 Å². The second kappa shape index (κ2) is 8.46. The van der Waals surface area contributed by atoms with Crippen molar-refractivity contribution in [2.45, 2.75) is 12.1 Å². The van der Waals surface area contributed by atoms with Crippen molar-refractivity contribution in [3.05, 3.63) is 66.5 Å². The molecule has 0 spiro atoms. The Bertz CT molecular complexity index is 1340. The lowest BCUT2D eigenvalue weighted by atomic mass is 10.0. The Morgan fingerprint density at radius 3 is 2.91 bits per heavy atom. The van der Waals surface area contributed by atoms with E-state index in [1.54, 1.807) is 7.11 Å². The van der Waals surface area contributed by atoms with Crippen LogP contribution in [0.2, 0.25) is 0 Å². The zero-order valence-corrected chi connectivity index (χ0v) is 18.8. The summed E-state index contributed by atoms with van der Waals surface area (Å²) in [5.74, 6) is 2.27. The van der Waals surface area contributed by atoms with Crippen LogP contribution in [0.15, 0.2) is 60.9 Å². The predicted molar refractivity (Wildman–Crippen MR) is 130 cm³/mol. The van der Waals surface area contributed by atoms with E-state index in [2.05, 4.69) is 14.8 Å².